The first kappa shape index (κ1) is 10.3. The predicted octanol–water partition coefficient (Wildman–Crippen LogP) is 3.02. The second kappa shape index (κ2) is 3.56. The summed E-state index contributed by atoms with van der Waals surface area (Å²) in [6, 6.07) is 6.90. The van der Waals surface area contributed by atoms with E-state index in [4.69, 9.17) is 5.73 Å². The van der Waals surface area contributed by atoms with Gasteiger partial charge in [0.25, 0.3) is 0 Å². The number of hydrogen-bond donors (Lipinski definition) is 1. The average Bonchev–Trinajstić information content (AvgIpc) is 2.84. The van der Waals surface area contributed by atoms with Crippen molar-refractivity contribution in [3.63, 3.8) is 0 Å². The lowest BCUT2D eigenvalue weighted by molar-refractivity contribution is 0.640. The molecule has 86 valence electrons. The van der Waals surface area contributed by atoms with E-state index in [1.165, 1.54) is 17.4 Å². The van der Waals surface area contributed by atoms with Crippen LogP contribution in [0.15, 0.2) is 30.5 Å². The van der Waals surface area contributed by atoms with Crippen LogP contribution in [-0.4, -0.2) is 9.78 Å². The van der Waals surface area contributed by atoms with E-state index >= 15 is 0 Å². The van der Waals surface area contributed by atoms with Crippen LogP contribution in [-0.2, 0) is 7.05 Å². The van der Waals surface area contributed by atoms with Crippen molar-refractivity contribution in [2.24, 2.45) is 7.05 Å². The molecule has 3 aromatic rings. The van der Waals surface area contributed by atoms with Crippen molar-refractivity contribution in [3.8, 4) is 10.6 Å². The number of aromatic nitrogens is 2. The van der Waals surface area contributed by atoms with Crippen LogP contribution in [0.1, 0.15) is 0 Å². The third-order valence-corrected chi connectivity index (χ3v) is 3.82. The molecular formula is C12H10FN3S. The van der Waals surface area contributed by atoms with Gasteiger partial charge in [-0.2, -0.15) is 5.10 Å². The van der Waals surface area contributed by atoms with E-state index in [9.17, 15) is 4.39 Å². The second-order valence-corrected chi connectivity index (χ2v) is 4.92. The fraction of sp³-hybridized carbons (Fsp3) is 0.0833. The van der Waals surface area contributed by atoms with Gasteiger partial charge in [0.2, 0.25) is 0 Å². The first-order valence-electron chi connectivity index (χ1n) is 5.12. The number of halogens is 1. The minimum atomic E-state index is -0.203. The minimum Gasteiger partial charge on any atom is -0.396 e. The Labute approximate surface area is 101 Å². The number of thiophene rings is 1. The standard InChI is InChI=1S/C12H10FN3S/c1-16-12(9(14)6-15-16)11-5-7-8(13)3-2-4-10(7)17-11/h2-6H,14H2,1H3. The number of benzene rings is 1. The number of nitrogens with zero attached hydrogens (tertiary/aromatic N) is 2. The fourth-order valence-corrected chi connectivity index (χ4v) is 3.07. The first-order valence-corrected chi connectivity index (χ1v) is 5.94. The number of hydrogen-bond acceptors (Lipinski definition) is 3. The van der Waals surface area contributed by atoms with Crippen LogP contribution in [0, 0.1) is 5.82 Å². The van der Waals surface area contributed by atoms with Crippen LogP contribution >= 0.6 is 11.3 Å². The van der Waals surface area contributed by atoms with Gasteiger partial charge in [-0.25, -0.2) is 4.39 Å². The van der Waals surface area contributed by atoms with E-state index in [0.29, 0.717) is 11.1 Å². The third-order valence-electron chi connectivity index (χ3n) is 2.71. The molecule has 0 atom stereocenters. The van der Waals surface area contributed by atoms with Gasteiger partial charge in [-0.05, 0) is 18.2 Å². The van der Waals surface area contributed by atoms with E-state index in [-0.39, 0.29) is 5.82 Å². The zero-order valence-corrected chi connectivity index (χ0v) is 9.96. The molecule has 0 saturated heterocycles. The van der Waals surface area contributed by atoms with Crippen LogP contribution in [0.3, 0.4) is 0 Å². The average molecular weight is 247 g/mol. The molecule has 0 amide bonds. The number of rotatable bonds is 1. The quantitative estimate of drug-likeness (QED) is 0.718. The van der Waals surface area contributed by atoms with Gasteiger partial charge >= 0.3 is 0 Å². The van der Waals surface area contributed by atoms with Gasteiger partial charge in [0, 0.05) is 17.1 Å². The maximum absolute atomic E-state index is 13.6. The summed E-state index contributed by atoms with van der Waals surface area (Å²) in [5.74, 6) is -0.203. The Morgan fingerprint density at radius 2 is 2.24 bits per heavy atom. The molecule has 0 aliphatic carbocycles. The summed E-state index contributed by atoms with van der Waals surface area (Å²) in [6.07, 6.45) is 1.61. The lowest BCUT2D eigenvalue weighted by Crippen LogP contribution is -1.93. The molecule has 0 fully saturated rings. The highest BCUT2D eigenvalue weighted by Crippen LogP contribution is 2.36. The van der Waals surface area contributed by atoms with Gasteiger partial charge in [0.1, 0.15) is 11.5 Å². The Kier molecular flexibility index (Phi) is 2.16. The molecule has 5 heteroatoms. The van der Waals surface area contributed by atoms with Gasteiger partial charge in [0.05, 0.1) is 16.8 Å². The van der Waals surface area contributed by atoms with E-state index in [1.54, 1.807) is 16.9 Å². The van der Waals surface area contributed by atoms with Crippen LogP contribution in [0.5, 0.6) is 0 Å². The molecule has 2 N–H and O–H groups in total. The molecule has 17 heavy (non-hydrogen) atoms. The van der Waals surface area contributed by atoms with Crippen molar-refractivity contribution in [1.82, 2.24) is 9.78 Å². The van der Waals surface area contributed by atoms with Crippen LogP contribution in [0.4, 0.5) is 10.1 Å². The molecule has 3 nitrogen and oxygen atoms in total. The van der Waals surface area contributed by atoms with E-state index in [1.807, 2.05) is 19.2 Å². The highest BCUT2D eigenvalue weighted by molar-refractivity contribution is 7.22. The summed E-state index contributed by atoms with van der Waals surface area (Å²) in [6.45, 7) is 0. The van der Waals surface area contributed by atoms with Gasteiger partial charge in [-0.15, -0.1) is 11.3 Å². The zero-order chi connectivity index (χ0) is 12.0. The number of fused-ring (bicyclic) bond motifs is 1. The molecule has 0 bridgehead atoms. The van der Waals surface area contributed by atoms with Gasteiger partial charge in [-0.1, -0.05) is 6.07 Å². The number of nitrogens with two attached hydrogens (primary N) is 1. The van der Waals surface area contributed by atoms with Crippen molar-refractivity contribution in [1.29, 1.82) is 0 Å². The largest absolute Gasteiger partial charge is 0.396 e. The van der Waals surface area contributed by atoms with Crippen molar-refractivity contribution < 1.29 is 4.39 Å². The zero-order valence-electron chi connectivity index (χ0n) is 9.14. The smallest absolute Gasteiger partial charge is 0.131 e. The lowest BCUT2D eigenvalue weighted by Gasteiger charge is -1.98. The number of nitrogen functional groups attached to an aromatic ring is 1. The highest BCUT2D eigenvalue weighted by atomic mass is 32.1. The SMILES string of the molecule is Cn1ncc(N)c1-c1cc2c(F)cccc2s1. The molecule has 0 saturated carbocycles. The van der Waals surface area contributed by atoms with Crippen LogP contribution < -0.4 is 5.73 Å². The van der Waals surface area contributed by atoms with E-state index < -0.39 is 0 Å². The Hall–Kier alpha value is -1.88. The molecule has 3 rings (SSSR count). The topological polar surface area (TPSA) is 43.8 Å². The third kappa shape index (κ3) is 1.51. The van der Waals surface area contributed by atoms with Crippen LogP contribution in [0.25, 0.3) is 20.7 Å². The maximum atomic E-state index is 13.6. The number of anilines is 1. The molecule has 0 aliphatic heterocycles. The first-order chi connectivity index (χ1) is 8.16. The fourth-order valence-electron chi connectivity index (χ4n) is 1.90. The Bertz CT molecular complexity index is 679. The molecule has 0 unspecified atom stereocenters. The number of aryl methyl sites for hydroxylation is 1. The molecule has 1 aromatic carbocycles. The monoisotopic (exact) mass is 247 g/mol. The van der Waals surface area contributed by atoms with Crippen molar-refractivity contribution in [2.75, 3.05) is 5.73 Å². The summed E-state index contributed by atoms with van der Waals surface area (Å²) in [4.78, 5) is 0.933. The summed E-state index contributed by atoms with van der Waals surface area (Å²) >= 11 is 1.52. The normalized spacial score (nSPS) is 11.2. The maximum Gasteiger partial charge on any atom is 0.131 e. The van der Waals surface area contributed by atoms with Crippen molar-refractivity contribution in [3.05, 3.63) is 36.3 Å². The summed E-state index contributed by atoms with van der Waals surface area (Å²) in [5.41, 5.74) is 7.31. The van der Waals surface area contributed by atoms with Crippen molar-refractivity contribution in [2.45, 2.75) is 0 Å². The van der Waals surface area contributed by atoms with Crippen LogP contribution in [0.2, 0.25) is 0 Å². The molecular weight excluding hydrogens is 237 g/mol. The molecule has 2 heterocycles. The van der Waals surface area contributed by atoms with Crippen molar-refractivity contribution >= 4 is 27.1 Å². The predicted molar refractivity (Wildman–Crippen MR) is 68.4 cm³/mol. The Morgan fingerprint density at radius 1 is 1.41 bits per heavy atom. The summed E-state index contributed by atoms with van der Waals surface area (Å²) < 4.78 is 16.2. The molecule has 2 aromatic heterocycles. The summed E-state index contributed by atoms with van der Waals surface area (Å²) in [7, 11) is 1.83. The van der Waals surface area contributed by atoms with E-state index in [2.05, 4.69) is 5.10 Å². The van der Waals surface area contributed by atoms with E-state index in [0.717, 1.165) is 15.3 Å². The lowest BCUT2D eigenvalue weighted by atomic mass is 10.2. The molecule has 0 radical (unpaired) electrons. The van der Waals surface area contributed by atoms with Gasteiger partial charge < -0.3 is 5.73 Å². The second-order valence-electron chi connectivity index (χ2n) is 3.83. The summed E-state index contributed by atoms with van der Waals surface area (Å²) in [5, 5.41) is 4.72. The Balaban J connectivity index is 2.29. The molecule has 0 aliphatic rings. The van der Waals surface area contributed by atoms with Gasteiger partial charge in [-0.3, -0.25) is 4.68 Å². The van der Waals surface area contributed by atoms with Gasteiger partial charge in [0.15, 0.2) is 0 Å². The highest BCUT2D eigenvalue weighted by Gasteiger charge is 2.13. The Morgan fingerprint density at radius 3 is 2.88 bits per heavy atom. The minimum absolute atomic E-state index is 0.203. The molecule has 0 spiro atoms.